The highest BCUT2D eigenvalue weighted by Crippen LogP contribution is 2.41. The van der Waals surface area contributed by atoms with Gasteiger partial charge < -0.3 is 15.1 Å². The van der Waals surface area contributed by atoms with Gasteiger partial charge in [-0.15, -0.1) is 5.11 Å². The third-order valence-corrected chi connectivity index (χ3v) is 3.94. The van der Waals surface area contributed by atoms with Crippen molar-refractivity contribution in [3.63, 3.8) is 0 Å². The molecule has 0 atom stereocenters. The molecule has 0 saturated heterocycles. The van der Waals surface area contributed by atoms with Crippen molar-refractivity contribution < 1.29 is 10.2 Å². The molecule has 0 aliphatic carbocycles. The van der Waals surface area contributed by atoms with Crippen molar-refractivity contribution in [2.24, 2.45) is 10.2 Å². The van der Waals surface area contributed by atoms with E-state index < -0.39 is 0 Å². The summed E-state index contributed by atoms with van der Waals surface area (Å²) in [5.41, 5.74) is 3.01. The summed E-state index contributed by atoms with van der Waals surface area (Å²) in [7, 11) is 3.94. The number of aryl methyl sites for hydroxylation is 1. The van der Waals surface area contributed by atoms with E-state index in [1.54, 1.807) is 18.2 Å². The molecule has 24 heavy (non-hydrogen) atoms. The van der Waals surface area contributed by atoms with Crippen LogP contribution in [-0.2, 0) is 0 Å². The van der Waals surface area contributed by atoms with Crippen LogP contribution in [0.2, 0.25) is 0 Å². The maximum atomic E-state index is 10.4. The minimum atomic E-state index is -0.0673. The lowest BCUT2D eigenvalue weighted by molar-refractivity contribution is 0.464. The Morgan fingerprint density at radius 2 is 1.62 bits per heavy atom. The molecule has 0 heterocycles. The van der Waals surface area contributed by atoms with Gasteiger partial charge in [-0.05, 0) is 54.3 Å². The molecule has 122 valence electrons. The summed E-state index contributed by atoms with van der Waals surface area (Å²) in [6.07, 6.45) is 0. The first-order valence-electron chi connectivity index (χ1n) is 7.61. The third-order valence-electron chi connectivity index (χ3n) is 3.94. The molecule has 0 radical (unpaired) electrons. The molecule has 0 unspecified atom stereocenters. The average molecular weight is 321 g/mol. The van der Waals surface area contributed by atoms with E-state index >= 15 is 0 Å². The van der Waals surface area contributed by atoms with E-state index in [-0.39, 0.29) is 11.5 Å². The summed E-state index contributed by atoms with van der Waals surface area (Å²) in [4.78, 5) is 2.00. The number of phenols is 2. The van der Waals surface area contributed by atoms with Gasteiger partial charge in [0.1, 0.15) is 11.4 Å². The number of rotatable bonds is 3. The number of hydrogen-bond donors (Lipinski definition) is 2. The first kappa shape index (κ1) is 15.8. The van der Waals surface area contributed by atoms with Crippen LogP contribution in [0.3, 0.4) is 0 Å². The van der Waals surface area contributed by atoms with Gasteiger partial charge in [0.15, 0.2) is 5.75 Å². The number of aromatic hydroxyl groups is 2. The number of phenolic OH excluding ortho intramolecular Hbond substituents is 2. The van der Waals surface area contributed by atoms with Crippen molar-refractivity contribution in [2.75, 3.05) is 19.0 Å². The predicted octanol–water partition coefficient (Wildman–Crippen LogP) is 5.04. The molecular formula is C19H19N3O2. The molecule has 5 heteroatoms. The number of hydrogen-bond acceptors (Lipinski definition) is 5. The van der Waals surface area contributed by atoms with Crippen LogP contribution < -0.4 is 4.90 Å². The minimum absolute atomic E-state index is 0.0282. The van der Waals surface area contributed by atoms with Gasteiger partial charge in [-0.2, -0.15) is 5.11 Å². The number of benzene rings is 3. The Morgan fingerprint density at radius 3 is 2.29 bits per heavy atom. The van der Waals surface area contributed by atoms with E-state index in [9.17, 15) is 10.2 Å². The zero-order chi connectivity index (χ0) is 17.3. The summed E-state index contributed by atoms with van der Waals surface area (Å²) in [6, 6.07) is 14.5. The molecule has 0 aromatic heterocycles. The van der Waals surface area contributed by atoms with Crippen molar-refractivity contribution >= 4 is 27.8 Å². The second kappa shape index (κ2) is 6.20. The monoisotopic (exact) mass is 321 g/mol. The minimum Gasteiger partial charge on any atom is -0.507 e. The van der Waals surface area contributed by atoms with Crippen molar-refractivity contribution in [2.45, 2.75) is 6.92 Å². The Bertz CT molecular complexity index is 916. The average Bonchev–Trinajstić information content (AvgIpc) is 2.57. The summed E-state index contributed by atoms with van der Waals surface area (Å²) >= 11 is 0. The topological polar surface area (TPSA) is 68.4 Å². The Morgan fingerprint density at radius 1 is 0.917 bits per heavy atom. The quantitative estimate of drug-likeness (QED) is 0.664. The first-order chi connectivity index (χ1) is 11.5. The number of nitrogens with zero attached hydrogens (tertiary/aromatic N) is 3. The molecule has 3 aromatic carbocycles. The molecule has 0 fully saturated rings. The highest BCUT2D eigenvalue weighted by Gasteiger charge is 2.12. The largest absolute Gasteiger partial charge is 0.507 e. The first-order valence-corrected chi connectivity index (χ1v) is 7.61. The standard InChI is InChI=1S/C19H19N3O2/c1-12-11-16(19(24)18-15(12)5-4-6-17(18)23)21-20-13-7-9-14(10-8-13)22(2)3/h4-11,23-24H,1-3H3. The van der Waals surface area contributed by atoms with Crippen molar-refractivity contribution in [3.05, 3.63) is 54.1 Å². The van der Waals surface area contributed by atoms with E-state index in [4.69, 9.17) is 0 Å². The van der Waals surface area contributed by atoms with Gasteiger partial charge >= 0.3 is 0 Å². The maximum Gasteiger partial charge on any atom is 0.154 e. The normalized spacial score (nSPS) is 11.3. The van der Waals surface area contributed by atoms with Crippen LogP contribution in [-0.4, -0.2) is 24.3 Å². The fraction of sp³-hybridized carbons (Fsp3) is 0.158. The lowest BCUT2D eigenvalue weighted by Crippen LogP contribution is -2.07. The summed E-state index contributed by atoms with van der Waals surface area (Å²) in [5.74, 6) is -0.0390. The van der Waals surface area contributed by atoms with Crippen LogP contribution in [0, 0.1) is 6.92 Å². The van der Waals surface area contributed by atoms with Crippen LogP contribution in [0.25, 0.3) is 10.8 Å². The Balaban J connectivity index is 2.01. The number of azo groups is 1. The van der Waals surface area contributed by atoms with Crippen LogP contribution >= 0.6 is 0 Å². The van der Waals surface area contributed by atoms with Gasteiger partial charge in [0, 0.05) is 19.8 Å². The fourth-order valence-corrected chi connectivity index (χ4v) is 2.60. The SMILES string of the molecule is Cc1cc(N=Nc2ccc(N(C)C)cc2)c(O)c2c(O)cccc12. The van der Waals surface area contributed by atoms with Gasteiger partial charge in [0.2, 0.25) is 0 Å². The van der Waals surface area contributed by atoms with Crippen LogP contribution in [0.4, 0.5) is 17.1 Å². The zero-order valence-corrected chi connectivity index (χ0v) is 13.9. The molecular weight excluding hydrogens is 302 g/mol. The van der Waals surface area contributed by atoms with Crippen LogP contribution in [0.15, 0.2) is 58.8 Å². The van der Waals surface area contributed by atoms with E-state index in [1.807, 2.05) is 56.3 Å². The van der Waals surface area contributed by atoms with Crippen molar-refractivity contribution in [1.29, 1.82) is 0 Å². The third kappa shape index (κ3) is 2.88. The summed E-state index contributed by atoms with van der Waals surface area (Å²) < 4.78 is 0. The molecule has 0 amide bonds. The second-order valence-electron chi connectivity index (χ2n) is 5.87. The van der Waals surface area contributed by atoms with Crippen LogP contribution in [0.1, 0.15) is 5.56 Å². The van der Waals surface area contributed by atoms with Gasteiger partial charge in [-0.1, -0.05) is 12.1 Å². The summed E-state index contributed by atoms with van der Waals surface area (Å²) in [6.45, 7) is 1.91. The second-order valence-corrected chi connectivity index (χ2v) is 5.87. The zero-order valence-electron chi connectivity index (χ0n) is 13.9. The lowest BCUT2D eigenvalue weighted by atomic mass is 10.0. The molecule has 3 aromatic rings. The van der Waals surface area contributed by atoms with Gasteiger partial charge in [-0.3, -0.25) is 0 Å². The molecule has 0 aliphatic rings. The van der Waals surface area contributed by atoms with E-state index in [0.717, 1.165) is 16.6 Å². The van der Waals surface area contributed by atoms with Crippen LogP contribution in [0.5, 0.6) is 11.5 Å². The predicted molar refractivity (Wildman–Crippen MR) is 97.0 cm³/mol. The number of anilines is 1. The van der Waals surface area contributed by atoms with Crippen molar-refractivity contribution in [1.82, 2.24) is 0 Å². The molecule has 0 spiro atoms. The molecule has 2 N–H and O–H groups in total. The lowest BCUT2D eigenvalue weighted by Gasteiger charge is -2.11. The Hall–Kier alpha value is -3.08. The number of fused-ring (bicyclic) bond motifs is 1. The van der Waals surface area contributed by atoms with E-state index in [2.05, 4.69) is 10.2 Å². The molecule has 5 nitrogen and oxygen atoms in total. The Labute approximate surface area is 140 Å². The van der Waals surface area contributed by atoms with E-state index in [0.29, 0.717) is 16.8 Å². The Kier molecular flexibility index (Phi) is 4.08. The molecule has 0 bridgehead atoms. The highest BCUT2D eigenvalue weighted by atomic mass is 16.3. The van der Waals surface area contributed by atoms with E-state index in [1.165, 1.54) is 0 Å². The highest BCUT2D eigenvalue weighted by molar-refractivity contribution is 5.99. The molecule has 0 saturated carbocycles. The smallest absolute Gasteiger partial charge is 0.154 e. The van der Waals surface area contributed by atoms with Gasteiger partial charge in [-0.25, -0.2) is 0 Å². The van der Waals surface area contributed by atoms with Gasteiger partial charge in [0.25, 0.3) is 0 Å². The van der Waals surface area contributed by atoms with Gasteiger partial charge in [0.05, 0.1) is 11.1 Å². The van der Waals surface area contributed by atoms with Crippen molar-refractivity contribution in [3.8, 4) is 11.5 Å². The maximum absolute atomic E-state index is 10.4. The fourth-order valence-electron chi connectivity index (χ4n) is 2.60. The summed E-state index contributed by atoms with van der Waals surface area (Å²) in [5, 5.41) is 30.0. The molecule has 0 aliphatic heterocycles. The molecule has 3 rings (SSSR count).